The van der Waals surface area contributed by atoms with Crippen molar-refractivity contribution in [2.75, 3.05) is 30.8 Å². The zero-order chi connectivity index (χ0) is 16.1. The molecule has 1 atom stereocenters. The Morgan fingerprint density at radius 2 is 2.43 bits per heavy atom. The smallest absolute Gasteiger partial charge is 0.270 e. The van der Waals surface area contributed by atoms with Crippen molar-refractivity contribution in [2.24, 2.45) is 5.92 Å². The molecule has 1 saturated heterocycles. The van der Waals surface area contributed by atoms with Gasteiger partial charge in [0.15, 0.2) is 0 Å². The quantitative estimate of drug-likeness (QED) is 0.842. The Labute approximate surface area is 144 Å². The van der Waals surface area contributed by atoms with Crippen LogP contribution in [-0.2, 0) is 0 Å². The van der Waals surface area contributed by atoms with Crippen LogP contribution in [0, 0.1) is 5.92 Å². The Bertz CT molecular complexity index is 647. The third kappa shape index (κ3) is 4.23. The number of amides is 1. The molecule has 0 unspecified atom stereocenters. The van der Waals surface area contributed by atoms with E-state index in [0.29, 0.717) is 18.2 Å². The molecule has 0 radical (unpaired) electrons. The van der Waals surface area contributed by atoms with E-state index in [0.717, 1.165) is 36.1 Å². The molecule has 3 rings (SSSR count). The predicted molar refractivity (Wildman–Crippen MR) is 95.4 cm³/mol. The normalized spacial score (nSPS) is 18.0. The number of anilines is 1. The number of carbonyl (C=O) groups excluding carboxylic acids is 1. The van der Waals surface area contributed by atoms with Gasteiger partial charge < -0.3 is 10.2 Å². The summed E-state index contributed by atoms with van der Waals surface area (Å²) in [6, 6.07) is 5.99. The van der Waals surface area contributed by atoms with Gasteiger partial charge in [-0.15, -0.1) is 11.3 Å². The third-order valence-corrected chi connectivity index (χ3v) is 5.80. The summed E-state index contributed by atoms with van der Waals surface area (Å²) < 4.78 is 0.925. The first-order valence-electron chi connectivity index (χ1n) is 7.70. The molecule has 1 amide bonds. The van der Waals surface area contributed by atoms with Crippen LogP contribution in [0.15, 0.2) is 34.1 Å². The van der Waals surface area contributed by atoms with Gasteiger partial charge in [0.25, 0.3) is 5.91 Å². The van der Waals surface area contributed by atoms with E-state index in [4.69, 9.17) is 0 Å². The molecule has 3 heterocycles. The maximum absolute atomic E-state index is 12.2. The van der Waals surface area contributed by atoms with E-state index < -0.39 is 0 Å². The molecule has 122 valence electrons. The van der Waals surface area contributed by atoms with E-state index in [9.17, 15) is 4.79 Å². The van der Waals surface area contributed by atoms with Gasteiger partial charge in [0.1, 0.15) is 15.9 Å². The maximum atomic E-state index is 12.2. The van der Waals surface area contributed by atoms with E-state index >= 15 is 0 Å². The Hall–Kier alpha value is -1.60. The fourth-order valence-corrected chi connectivity index (χ4v) is 4.01. The van der Waals surface area contributed by atoms with E-state index in [-0.39, 0.29) is 5.91 Å². The Kier molecular flexibility index (Phi) is 5.51. The molecule has 2 aromatic heterocycles. The summed E-state index contributed by atoms with van der Waals surface area (Å²) in [7, 11) is 0. The zero-order valence-corrected chi connectivity index (χ0v) is 14.7. The molecule has 1 aliphatic heterocycles. The lowest BCUT2D eigenvalue weighted by Gasteiger charge is -2.33. The molecule has 1 aliphatic rings. The van der Waals surface area contributed by atoms with Crippen molar-refractivity contribution in [1.29, 1.82) is 0 Å². The number of carbonyl (C=O) groups is 1. The molecule has 23 heavy (non-hydrogen) atoms. The van der Waals surface area contributed by atoms with Crippen molar-refractivity contribution in [3.05, 3.63) is 35.5 Å². The van der Waals surface area contributed by atoms with Crippen LogP contribution < -0.4 is 10.2 Å². The summed E-state index contributed by atoms with van der Waals surface area (Å²) in [6.07, 6.45) is 6.06. The average molecular weight is 348 g/mol. The molecule has 0 bridgehead atoms. The summed E-state index contributed by atoms with van der Waals surface area (Å²) >= 11 is 3.08. The number of hydrogen-bond donors (Lipinski definition) is 1. The van der Waals surface area contributed by atoms with Gasteiger partial charge in [0.2, 0.25) is 0 Å². The molecule has 1 N–H and O–H groups in total. The van der Waals surface area contributed by atoms with Gasteiger partial charge in [-0.05, 0) is 37.1 Å². The molecule has 2 aromatic rings. The van der Waals surface area contributed by atoms with Crippen molar-refractivity contribution in [2.45, 2.75) is 17.2 Å². The molecule has 0 saturated carbocycles. The topological polar surface area (TPSA) is 58.1 Å². The van der Waals surface area contributed by atoms with E-state index in [1.54, 1.807) is 11.8 Å². The highest BCUT2D eigenvalue weighted by Crippen LogP contribution is 2.22. The molecule has 0 spiro atoms. The van der Waals surface area contributed by atoms with Crippen molar-refractivity contribution >= 4 is 34.8 Å². The SMILES string of the molecule is CSc1nc(C(=O)NC[C@H]2CCCN(c3ccccn3)C2)cs1. The molecular weight excluding hydrogens is 328 g/mol. The van der Waals surface area contributed by atoms with Crippen molar-refractivity contribution in [1.82, 2.24) is 15.3 Å². The van der Waals surface area contributed by atoms with Crippen LogP contribution in [0.3, 0.4) is 0 Å². The number of thioether (sulfide) groups is 1. The summed E-state index contributed by atoms with van der Waals surface area (Å²) in [5.74, 6) is 1.40. The van der Waals surface area contributed by atoms with Crippen molar-refractivity contribution in [3.63, 3.8) is 0 Å². The third-order valence-electron chi connectivity index (χ3n) is 3.93. The Balaban J connectivity index is 1.53. The van der Waals surface area contributed by atoms with Gasteiger partial charge in [0.05, 0.1) is 0 Å². The monoisotopic (exact) mass is 348 g/mol. The van der Waals surface area contributed by atoms with Gasteiger partial charge in [-0.2, -0.15) is 0 Å². The number of aromatic nitrogens is 2. The first kappa shape index (κ1) is 16.3. The fourth-order valence-electron chi connectivity index (χ4n) is 2.76. The minimum Gasteiger partial charge on any atom is -0.356 e. The first-order valence-corrected chi connectivity index (χ1v) is 9.80. The number of piperidine rings is 1. The molecule has 1 fully saturated rings. The number of hydrogen-bond acceptors (Lipinski definition) is 6. The van der Waals surface area contributed by atoms with Crippen LogP contribution in [0.5, 0.6) is 0 Å². The minimum absolute atomic E-state index is 0.0727. The Morgan fingerprint density at radius 1 is 1.52 bits per heavy atom. The number of thiazole rings is 1. The van der Waals surface area contributed by atoms with E-state index in [1.807, 2.05) is 36.0 Å². The van der Waals surface area contributed by atoms with Gasteiger partial charge >= 0.3 is 0 Å². The average Bonchev–Trinajstić information content (AvgIpc) is 3.10. The highest BCUT2D eigenvalue weighted by Gasteiger charge is 2.21. The zero-order valence-electron chi connectivity index (χ0n) is 13.1. The van der Waals surface area contributed by atoms with Gasteiger partial charge in [-0.3, -0.25) is 4.79 Å². The number of rotatable bonds is 5. The Morgan fingerprint density at radius 3 is 3.17 bits per heavy atom. The summed E-state index contributed by atoms with van der Waals surface area (Å²) in [5, 5.41) is 4.85. The summed E-state index contributed by atoms with van der Waals surface area (Å²) in [4.78, 5) is 23.2. The van der Waals surface area contributed by atoms with Crippen LogP contribution >= 0.6 is 23.1 Å². The summed E-state index contributed by atoms with van der Waals surface area (Å²) in [6.45, 7) is 2.66. The standard InChI is InChI=1S/C16H20N4OS2/c1-22-16-19-13(11-23-16)15(21)18-9-12-5-4-8-20(10-12)14-6-2-3-7-17-14/h2-3,6-7,11-12H,4-5,8-10H2,1H3,(H,18,21)/t12-/m1/s1. The predicted octanol–water partition coefficient (Wildman–Crippen LogP) is 2.91. The second-order valence-corrected chi connectivity index (χ2v) is 7.47. The van der Waals surface area contributed by atoms with Crippen LogP contribution in [-0.4, -0.2) is 41.8 Å². The second-order valence-electron chi connectivity index (χ2n) is 5.56. The minimum atomic E-state index is -0.0727. The van der Waals surface area contributed by atoms with Gasteiger partial charge in [0, 0.05) is 31.2 Å². The first-order chi connectivity index (χ1) is 11.3. The lowest BCUT2D eigenvalue weighted by atomic mass is 9.98. The maximum Gasteiger partial charge on any atom is 0.270 e. The molecular formula is C16H20N4OS2. The van der Waals surface area contributed by atoms with Crippen LogP contribution in [0.25, 0.3) is 0 Å². The van der Waals surface area contributed by atoms with Crippen LogP contribution in [0.1, 0.15) is 23.3 Å². The molecule has 7 heteroatoms. The lowest BCUT2D eigenvalue weighted by molar-refractivity contribution is 0.0941. The fraction of sp³-hybridized carbons (Fsp3) is 0.438. The van der Waals surface area contributed by atoms with E-state index in [2.05, 4.69) is 20.2 Å². The van der Waals surface area contributed by atoms with Gasteiger partial charge in [-0.25, -0.2) is 9.97 Å². The van der Waals surface area contributed by atoms with Crippen LogP contribution in [0.2, 0.25) is 0 Å². The molecule has 5 nitrogen and oxygen atoms in total. The lowest BCUT2D eigenvalue weighted by Crippen LogP contribution is -2.41. The van der Waals surface area contributed by atoms with Crippen molar-refractivity contribution < 1.29 is 4.79 Å². The van der Waals surface area contributed by atoms with Crippen LogP contribution in [0.4, 0.5) is 5.82 Å². The molecule has 0 aromatic carbocycles. The highest BCUT2D eigenvalue weighted by molar-refractivity contribution is 8.00. The van der Waals surface area contributed by atoms with Gasteiger partial charge in [-0.1, -0.05) is 17.8 Å². The molecule has 0 aliphatic carbocycles. The number of nitrogens with one attached hydrogen (secondary N) is 1. The van der Waals surface area contributed by atoms with E-state index in [1.165, 1.54) is 11.3 Å². The largest absolute Gasteiger partial charge is 0.356 e. The summed E-state index contributed by atoms with van der Waals surface area (Å²) in [5.41, 5.74) is 0.525. The van der Waals surface area contributed by atoms with Crippen molar-refractivity contribution in [3.8, 4) is 0 Å². The number of nitrogens with zero attached hydrogens (tertiary/aromatic N) is 3. The number of pyridine rings is 1. The highest BCUT2D eigenvalue weighted by atomic mass is 32.2. The second kappa shape index (κ2) is 7.79.